The molecule has 0 bridgehead atoms. The summed E-state index contributed by atoms with van der Waals surface area (Å²) in [6.07, 6.45) is 3.22. The Kier molecular flexibility index (Phi) is 5.28. The Labute approximate surface area is 125 Å². The molecule has 1 amide bonds. The van der Waals surface area contributed by atoms with Crippen LogP contribution in [0.5, 0.6) is 0 Å². The maximum Gasteiger partial charge on any atom is 0.255 e. The van der Waals surface area contributed by atoms with E-state index in [1.54, 1.807) is 24.5 Å². The first-order chi connectivity index (χ1) is 8.97. The summed E-state index contributed by atoms with van der Waals surface area (Å²) < 4.78 is 0. The quantitative estimate of drug-likeness (QED) is 0.906. The van der Waals surface area contributed by atoms with Gasteiger partial charge in [-0.25, -0.2) is 0 Å². The van der Waals surface area contributed by atoms with Gasteiger partial charge in [0.25, 0.3) is 5.91 Å². The van der Waals surface area contributed by atoms with Crippen molar-refractivity contribution in [3.63, 3.8) is 0 Å². The van der Waals surface area contributed by atoms with Gasteiger partial charge in [0.15, 0.2) is 0 Å². The van der Waals surface area contributed by atoms with E-state index in [1.807, 2.05) is 24.3 Å². The topological polar surface area (TPSA) is 42.0 Å². The van der Waals surface area contributed by atoms with Crippen LogP contribution in [0, 0.1) is 0 Å². The Morgan fingerprint density at radius 1 is 1.00 bits per heavy atom. The predicted octanol–water partition coefficient (Wildman–Crippen LogP) is 4.05. The van der Waals surface area contributed by atoms with Crippen molar-refractivity contribution in [2.45, 2.75) is 26.2 Å². The Hall–Kier alpha value is -1.87. The maximum absolute atomic E-state index is 12.0. The number of amides is 1. The van der Waals surface area contributed by atoms with Gasteiger partial charge in [0.2, 0.25) is 0 Å². The first-order valence-corrected chi connectivity index (χ1v) is 6.29. The first-order valence-electron chi connectivity index (χ1n) is 6.29. The zero-order valence-electron chi connectivity index (χ0n) is 11.9. The molecule has 1 aromatic carbocycles. The summed E-state index contributed by atoms with van der Waals surface area (Å²) in [6.45, 7) is 6.49. The molecule has 0 spiro atoms. The molecule has 1 N–H and O–H groups in total. The van der Waals surface area contributed by atoms with Crippen molar-refractivity contribution in [1.29, 1.82) is 0 Å². The van der Waals surface area contributed by atoms with Crippen molar-refractivity contribution in [2.75, 3.05) is 5.32 Å². The number of nitrogens with one attached hydrogen (secondary N) is 1. The molecular weight excluding hydrogens is 272 g/mol. The lowest BCUT2D eigenvalue weighted by Gasteiger charge is -2.19. The maximum atomic E-state index is 12.0. The lowest BCUT2D eigenvalue weighted by Crippen LogP contribution is -2.13. The summed E-state index contributed by atoms with van der Waals surface area (Å²) >= 11 is 0. The number of hydrogen-bond donors (Lipinski definition) is 1. The van der Waals surface area contributed by atoms with Gasteiger partial charge in [-0.3, -0.25) is 9.78 Å². The third-order valence-corrected chi connectivity index (χ3v) is 2.95. The largest absolute Gasteiger partial charge is 0.322 e. The Morgan fingerprint density at radius 3 is 2.05 bits per heavy atom. The Morgan fingerprint density at radius 2 is 1.55 bits per heavy atom. The molecule has 2 aromatic rings. The number of aromatic nitrogens is 1. The number of pyridine rings is 1. The van der Waals surface area contributed by atoms with E-state index in [4.69, 9.17) is 0 Å². The van der Waals surface area contributed by atoms with Crippen LogP contribution in [0.4, 0.5) is 5.69 Å². The Balaban J connectivity index is 0.00000200. The molecule has 2 rings (SSSR count). The molecule has 20 heavy (non-hydrogen) atoms. The van der Waals surface area contributed by atoms with Crippen molar-refractivity contribution >= 4 is 24.0 Å². The second-order valence-electron chi connectivity index (χ2n) is 5.52. The van der Waals surface area contributed by atoms with Crippen LogP contribution in [-0.4, -0.2) is 10.9 Å². The van der Waals surface area contributed by atoms with Crippen molar-refractivity contribution in [1.82, 2.24) is 4.98 Å². The molecule has 1 aromatic heterocycles. The minimum absolute atomic E-state index is 0. The van der Waals surface area contributed by atoms with E-state index in [0.717, 1.165) is 5.69 Å². The van der Waals surface area contributed by atoms with Gasteiger partial charge in [0.1, 0.15) is 0 Å². The van der Waals surface area contributed by atoms with Gasteiger partial charge in [0, 0.05) is 23.6 Å². The van der Waals surface area contributed by atoms with Crippen LogP contribution in [-0.2, 0) is 5.41 Å². The summed E-state index contributed by atoms with van der Waals surface area (Å²) in [4.78, 5) is 15.9. The third-order valence-electron chi connectivity index (χ3n) is 2.95. The molecule has 0 unspecified atom stereocenters. The highest BCUT2D eigenvalue weighted by Crippen LogP contribution is 2.23. The number of benzene rings is 1. The van der Waals surface area contributed by atoms with Crippen LogP contribution < -0.4 is 5.32 Å². The number of carbonyl (C=O) groups is 1. The van der Waals surface area contributed by atoms with Crippen molar-refractivity contribution in [3.8, 4) is 0 Å². The van der Waals surface area contributed by atoms with Crippen LogP contribution >= 0.6 is 12.4 Å². The SMILES string of the molecule is CC(C)(C)c1ccc(NC(=O)c2ccncc2)cc1.Cl. The number of nitrogens with zero attached hydrogens (tertiary/aromatic N) is 1. The van der Waals surface area contributed by atoms with Gasteiger partial charge in [-0.1, -0.05) is 32.9 Å². The van der Waals surface area contributed by atoms with Gasteiger partial charge >= 0.3 is 0 Å². The summed E-state index contributed by atoms with van der Waals surface area (Å²) in [5, 5.41) is 2.87. The molecule has 0 aliphatic rings. The summed E-state index contributed by atoms with van der Waals surface area (Å²) in [7, 11) is 0. The summed E-state index contributed by atoms with van der Waals surface area (Å²) in [5.74, 6) is -0.120. The molecule has 0 aliphatic carbocycles. The van der Waals surface area contributed by atoms with Gasteiger partial charge in [0.05, 0.1) is 0 Å². The Bertz CT molecular complexity index is 559. The van der Waals surface area contributed by atoms with E-state index in [0.29, 0.717) is 5.56 Å². The van der Waals surface area contributed by atoms with Crippen LogP contribution in [0.3, 0.4) is 0 Å². The normalized spacial score (nSPS) is 10.6. The number of halogens is 1. The van der Waals surface area contributed by atoms with E-state index < -0.39 is 0 Å². The molecule has 0 fully saturated rings. The van der Waals surface area contributed by atoms with Crippen LogP contribution in [0.2, 0.25) is 0 Å². The van der Waals surface area contributed by atoms with Gasteiger partial charge in [-0.2, -0.15) is 0 Å². The number of hydrogen-bond acceptors (Lipinski definition) is 2. The molecule has 3 nitrogen and oxygen atoms in total. The standard InChI is InChI=1S/C16H18N2O.ClH/c1-16(2,3)13-4-6-14(7-5-13)18-15(19)12-8-10-17-11-9-12;/h4-11H,1-3H3,(H,18,19);1H. The average molecular weight is 291 g/mol. The highest BCUT2D eigenvalue weighted by atomic mass is 35.5. The van der Waals surface area contributed by atoms with Crippen molar-refractivity contribution in [2.24, 2.45) is 0 Å². The number of anilines is 1. The van der Waals surface area contributed by atoms with Crippen LogP contribution in [0.1, 0.15) is 36.7 Å². The third kappa shape index (κ3) is 4.07. The summed E-state index contributed by atoms with van der Waals surface area (Å²) in [6, 6.07) is 11.3. The highest BCUT2D eigenvalue weighted by Gasteiger charge is 2.13. The minimum atomic E-state index is -0.120. The zero-order chi connectivity index (χ0) is 13.9. The summed E-state index contributed by atoms with van der Waals surface area (Å²) in [5.41, 5.74) is 2.77. The molecule has 0 saturated carbocycles. The fourth-order valence-corrected chi connectivity index (χ4v) is 1.76. The molecule has 0 radical (unpaired) electrons. The highest BCUT2D eigenvalue weighted by molar-refractivity contribution is 6.04. The number of carbonyl (C=O) groups excluding carboxylic acids is 1. The van der Waals surface area contributed by atoms with E-state index in [2.05, 4.69) is 31.1 Å². The molecule has 0 saturated heterocycles. The molecule has 106 valence electrons. The van der Waals surface area contributed by atoms with E-state index in [-0.39, 0.29) is 23.7 Å². The lowest BCUT2D eigenvalue weighted by atomic mass is 9.87. The molecule has 1 heterocycles. The van der Waals surface area contributed by atoms with E-state index in [1.165, 1.54) is 5.56 Å². The zero-order valence-corrected chi connectivity index (χ0v) is 12.7. The fraction of sp³-hybridized carbons (Fsp3) is 0.250. The van der Waals surface area contributed by atoms with Crippen molar-refractivity contribution < 1.29 is 4.79 Å². The van der Waals surface area contributed by atoms with Gasteiger partial charge in [-0.15, -0.1) is 12.4 Å². The second kappa shape index (κ2) is 6.53. The molecular formula is C16H19ClN2O. The van der Waals surface area contributed by atoms with E-state index in [9.17, 15) is 4.79 Å². The first kappa shape index (κ1) is 16.2. The van der Waals surface area contributed by atoms with E-state index >= 15 is 0 Å². The monoisotopic (exact) mass is 290 g/mol. The molecule has 4 heteroatoms. The second-order valence-corrected chi connectivity index (χ2v) is 5.52. The minimum Gasteiger partial charge on any atom is -0.322 e. The fourth-order valence-electron chi connectivity index (χ4n) is 1.76. The predicted molar refractivity (Wildman–Crippen MR) is 84.6 cm³/mol. The van der Waals surface area contributed by atoms with Crippen molar-refractivity contribution in [3.05, 3.63) is 59.9 Å². The molecule has 0 atom stereocenters. The van der Waals surface area contributed by atoms with Crippen LogP contribution in [0.15, 0.2) is 48.8 Å². The van der Waals surface area contributed by atoms with Gasteiger partial charge < -0.3 is 5.32 Å². The van der Waals surface area contributed by atoms with Gasteiger partial charge in [-0.05, 0) is 35.2 Å². The molecule has 0 aliphatic heterocycles. The average Bonchev–Trinajstić information content (AvgIpc) is 2.39. The lowest BCUT2D eigenvalue weighted by molar-refractivity contribution is 0.102. The van der Waals surface area contributed by atoms with Crippen LogP contribution in [0.25, 0.3) is 0 Å². The smallest absolute Gasteiger partial charge is 0.255 e. The number of rotatable bonds is 2.